The van der Waals surface area contributed by atoms with Gasteiger partial charge in [0, 0.05) is 18.6 Å². The second kappa shape index (κ2) is 7.43. The molecule has 0 bridgehead atoms. The maximum atomic E-state index is 9.52. The first-order valence-corrected chi connectivity index (χ1v) is 8.45. The minimum Gasteiger partial charge on any atom is -0.308 e. The van der Waals surface area contributed by atoms with E-state index in [2.05, 4.69) is 36.9 Å². The molecule has 4 unspecified atom stereocenters. The molecule has 0 spiro atoms. The van der Waals surface area contributed by atoms with Crippen molar-refractivity contribution in [3.05, 3.63) is 0 Å². The lowest BCUT2D eigenvalue weighted by Gasteiger charge is -2.41. The van der Waals surface area contributed by atoms with E-state index in [1.54, 1.807) is 0 Å². The van der Waals surface area contributed by atoms with E-state index < -0.39 is 0 Å². The summed E-state index contributed by atoms with van der Waals surface area (Å²) in [6.07, 6.45) is 8.91. The SMILES string of the molecule is CCCC1CCC(C#N)C(N2CCCC2CN(C)C)C1. The van der Waals surface area contributed by atoms with Gasteiger partial charge in [0.05, 0.1) is 12.0 Å². The van der Waals surface area contributed by atoms with Crippen LogP contribution in [0.25, 0.3) is 0 Å². The average molecular weight is 277 g/mol. The van der Waals surface area contributed by atoms with E-state index in [9.17, 15) is 5.26 Å². The molecular weight excluding hydrogens is 246 g/mol. The molecule has 0 N–H and O–H groups in total. The highest BCUT2D eigenvalue weighted by molar-refractivity contribution is 5.00. The highest BCUT2D eigenvalue weighted by Gasteiger charge is 2.39. The van der Waals surface area contributed by atoms with Gasteiger partial charge in [-0.2, -0.15) is 5.26 Å². The summed E-state index contributed by atoms with van der Waals surface area (Å²) in [5.41, 5.74) is 0. The highest BCUT2D eigenvalue weighted by Crippen LogP contribution is 2.37. The van der Waals surface area contributed by atoms with Crippen LogP contribution >= 0.6 is 0 Å². The van der Waals surface area contributed by atoms with Gasteiger partial charge in [0.1, 0.15) is 0 Å². The van der Waals surface area contributed by atoms with Crippen molar-refractivity contribution in [2.24, 2.45) is 11.8 Å². The summed E-state index contributed by atoms with van der Waals surface area (Å²) in [6, 6.07) is 3.81. The molecule has 2 fully saturated rings. The van der Waals surface area contributed by atoms with Gasteiger partial charge >= 0.3 is 0 Å². The molecule has 0 aromatic rings. The van der Waals surface area contributed by atoms with E-state index in [0.717, 1.165) is 18.9 Å². The molecular formula is C17H31N3. The lowest BCUT2D eigenvalue weighted by molar-refractivity contribution is 0.0767. The Labute approximate surface area is 124 Å². The van der Waals surface area contributed by atoms with Crippen LogP contribution in [0.2, 0.25) is 0 Å². The zero-order valence-corrected chi connectivity index (χ0v) is 13.5. The molecule has 4 atom stereocenters. The maximum absolute atomic E-state index is 9.52. The normalized spacial score (nSPS) is 35.4. The van der Waals surface area contributed by atoms with Gasteiger partial charge in [0.15, 0.2) is 0 Å². The van der Waals surface area contributed by atoms with Crippen molar-refractivity contribution < 1.29 is 0 Å². The lowest BCUT2D eigenvalue weighted by Crippen LogP contribution is -2.49. The standard InChI is InChI=1S/C17H31N3/c1-4-6-14-8-9-15(12-18)17(11-14)20-10-5-7-16(20)13-19(2)3/h14-17H,4-11,13H2,1-3H3. The number of hydrogen-bond donors (Lipinski definition) is 0. The molecule has 3 heteroatoms. The third-order valence-electron chi connectivity index (χ3n) is 5.21. The van der Waals surface area contributed by atoms with Crippen LogP contribution < -0.4 is 0 Å². The number of hydrogen-bond acceptors (Lipinski definition) is 3. The summed E-state index contributed by atoms with van der Waals surface area (Å²) in [7, 11) is 4.33. The van der Waals surface area contributed by atoms with E-state index >= 15 is 0 Å². The zero-order chi connectivity index (χ0) is 14.5. The van der Waals surface area contributed by atoms with Crippen LogP contribution in [0.4, 0.5) is 0 Å². The van der Waals surface area contributed by atoms with Crippen LogP contribution in [0.1, 0.15) is 51.9 Å². The van der Waals surface area contributed by atoms with Gasteiger partial charge in [0.25, 0.3) is 0 Å². The summed E-state index contributed by atoms with van der Waals surface area (Å²) < 4.78 is 0. The lowest BCUT2D eigenvalue weighted by atomic mass is 9.76. The molecule has 0 radical (unpaired) electrons. The Bertz CT molecular complexity index is 334. The topological polar surface area (TPSA) is 30.3 Å². The largest absolute Gasteiger partial charge is 0.308 e. The third-order valence-corrected chi connectivity index (χ3v) is 5.21. The highest BCUT2D eigenvalue weighted by atomic mass is 15.2. The predicted octanol–water partition coefficient (Wildman–Crippen LogP) is 3.12. The molecule has 3 nitrogen and oxygen atoms in total. The molecule has 1 heterocycles. The first-order chi connectivity index (χ1) is 9.65. The van der Waals surface area contributed by atoms with E-state index in [-0.39, 0.29) is 5.92 Å². The fourth-order valence-electron chi connectivity index (χ4n) is 4.33. The number of likely N-dealkylation sites (N-methyl/N-ethyl adjacent to an activating group) is 1. The van der Waals surface area contributed by atoms with Crippen molar-refractivity contribution in [3.63, 3.8) is 0 Å². The molecule has 2 aliphatic rings. The zero-order valence-electron chi connectivity index (χ0n) is 13.5. The van der Waals surface area contributed by atoms with Crippen LogP contribution in [-0.4, -0.2) is 49.1 Å². The van der Waals surface area contributed by atoms with Gasteiger partial charge in [-0.25, -0.2) is 0 Å². The van der Waals surface area contributed by atoms with E-state index in [0.29, 0.717) is 12.1 Å². The summed E-state index contributed by atoms with van der Waals surface area (Å²) in [5.74, 6) is 1.13. The second-order valence-corrected chi connectivity index (χ2v) is 7.07. The third kappa shape index (κ3) is 3.74. The van der Waals surface area contributed by atoms with Crippen molar-refractivity contribution in [1.29, 1.82) is 5.26 Å². The minimum atomic E-state index is 0.269. The van der Waals surface area contributed by atoms with Crippen molar-refractivity contribution >= 4 is 0 Å². The second-order valence-electron chi connectivity index (χ2n) is 7.07. The van der Waals surface area contributed by atoms with Crippen molar-refractivity contribution in [1.82, 2.24) is 9.80 Å². The Hall–Kier alpha value is -0.590. The number of rotatable bonds is 5. The summed E-state index contributed by atoms with van der Waals surface area (Å²) in [4.78, 5) is 4.99. The van der Waals surface area contributed by atoms with Crippen molar-refractivity contribution in [3.8, 4) is 6.07 Å². The first-order valence-electron chi connectivity index (χ1n) is 8.45. The van der Waals surface area contributed by atoms with Crippen molar-refractivity contribution in [2.45, 2.75) is 64.0 Å². The van der Waals surface area contributed by atoms with E-state index in [1.807, 2.05) is 0 Å². The van der Waals surface area contributed by atoms with Crippen LogP contribution in [0, 0.1) is 23.2 Å². The van der Waals surface area contributed by atoms with Crippen LogP contribution in [0.15, 0.2) is 0 Å². The fourth-order valence-corrected chi connectivity index (χ4v) is 4.33. The van der Waals surface area contributed by atoms with E-state index in [1.165, 1.54) is 45.1 Å². The molecule has 0 aromatic heterocycles. The summed E-state index contributed by atoms with van der Waals surface area (Å²) >= 11 is 0. The van der Waals surface area contributed by atoms with Crippen molar-refractivity contribution in [2.75, 3.05) is 27.2 Å². The van der Waals surface area contributed by atoms with Gasteiger partial charge in [-0.3, -0.25) is 4.90 Å². The average Bonchev–Trinajstić information content (AvgIpc) is 2.86. The number of nitriles is 1. The Balaban J connectivity index is 2.04. The van der Waals surface area contributed by atoms with Gasteiger partial charge < -0.3 is 4.90 Å². The molecule has 1 aliphatic carbocycles. The van der Waals surface area contributed by atoms with Crippen LogP contribution in [-0.2, 0) is 0 Å². The summed E-state index contributed by atoms with van der Waals surface area (Å²) in [6.45, 7) is 4.64. The monoisotopic (exact) mass is 277 g/mol. The molecule has 1 saturated carbocycles. The maximum Gasteiger partial charge on any atom is 0.0672 e. The minimum absolute atomic E-state index is 0.269. The quantitative estimate of drug-likeness (QED) is 0.773. The molecule has 1 aliphatic heterocycles. The van der Waals surface area contributed by atoms with Gasteiger partial charge in [-0.05, 0) is 58.7 Å². The van der Waals surface area contributed by atoms with Gasteiger partial charge in [0.2, 0.25) is 0 Å². The van der Waals surface area contributed by atoms with Crippen LogP contribution in [0.5, 0.6) is 0 Å². The molecule has 2 rings (SSSR count). The first kappa shape index (κ1) is 15.8. The molecule has 1 saturated heterocycles. The number of nitrogens with zero attached hydrogens (tertiary/aromatic N) is 3. The van der Waals surface area contributed by atoms with Gasteiger partial charge in [-0.15, -0.1) is 0 Å². The fraction of sp³-hybridized carbons (Fsp3) is 0.941. The molecule has 20 heavy (non-hydrogen) atoms. The Morgan fingerprint density at radius 1 is 1.25 bits per heavy atom. The Kier molecular flexibility index (Phi) is 5.86. The molecule has 114 valence electrons. The summed E-state index contributed by atoms with van der Waals surface area (Å²) in [5, 5.41) is 9.52. The Morgan fingerprint density at radius 2 is 2.05 bits per heavy atom. The van der Waals surface area contributed by atoms with Crippen LogP contribution in [0.3, 0.4) is 0 Å². The van der Waals surface area contributed by atoms with E-state index in [4.69, 9.17) is 0 Å². The molecule has 0 amide bonds. The molecule has 0 aromatic carbocycles. The number of likely N-dealkylation sites (tertiary alicyclic amines) is 1. The Morgan fingerprint density at radius 3 is 2.70 bits per heavy atom. The van der Waals surface area contributed by atoms with Gasteiger partial charge in [-0.1, -0.05) is 19.8 Å². The predicted molar refractivity (Wildman–Crippen MR) is 83.4 cm³/mol. The smallest absolute Gasteiger partial charge is 0.0672 e.